The Hall–Kier alpha value is -6.46. The number of ether oxygens (including phenoxy) is 1. The molecule has 2 aromatic heterocycles. The minimum Gasteiger partial charge on any atom is -0.457 e. The fraction of sp³-hybridized carbons (Fsp3) is 0.208. The second-order valence-corrected chi connectivity index (χ2v) is 16.5. The number of benzene rings is 6. The smallest absolute Gasteiger partial charge is 0.144 e. The Morgan fingerprint density at radius 2 is 1.00 bits per heavy atom. The molecule has 0 bridgehead atoms. The summed E-state index contributed by atoms with van der Waals surface area (Å²) in [4.78, 5) is 9.97. The van der Waals surface area contributed by atoms with Gasteiger partial charge in [0.15, 0.2) is 0 Å². The molecule has 1 unspecified atom stereocenters. The van der Waals surface area contributed by atoms with Gasteiger partial charge in [0.25, 0.3) is 0 Å². The maximum atomic E-state index is 6.65. The summed E-state index contributed by atoms with van der Waals surface area (Å²) < 4.78 is 11.3. The van der Waals surface area contributed by atoms with E-state index in [1.807, 2.05) is 18.3 Å². The molecule has 5 heteroatoms. The van der Waals surface area contributed by atoms with Gasteiger partial charge < -0.3 is 4.74 Å². The van der Waals surface area contributed by atoms with Crippen LogP contribution in [0.15, 0.2) is 152 Å². The summed E-state index contributed by atoms with van der Waals surface area (Å²) in [6.07, 6.45) is 6.05. The van der Waals surface area contributed by atoms with Gasteiger partial charge in [0, 0.05) is 35.6 Å². The van der Waals surface area contributed by atoms with E-state index in [-0.39, 0.29) is 5.92 Å². The predicted molar refractivity (Wildman–Crippen MR) is 239 cm³/mol. The number of imidazole rings is 2. The average molecular weight is 759 g/mol. The predicted octanol–water partition coefficient (Wildman–Crippen LogP) is 14.4. The lowest BCUT2D eigenvalue weighted by Gasteiger charge is -2.24. The van der Waals surface area contributed by atoms with Crippen LogP contribution in [0.2, 0.25) is 0 Å². The molecule has 0 amide bonds. The summed E-state index contributed by atoms with van der Waals surface area (Å²) in [5, 5.41) is 0. The van der Waals surface area contributed by atoms with E-state index in [0.717, 1.165) is 34.3 Å². The highest BCUT2D eigenvalue weighted by molar-refractivity contribution is 5.75. The van der Waals surface area contributed by atoms with Gasteiger partial charge >= 0.3 is 0 Å². The van der Waals surface area contributed by atoms with Crippen molar-refractivity contribution in [3.8, 4) is 67.9 Å². The molecule has 58 heavy (non-hydrogen) atoms. The van der Waals surface area contributed by atoms with Crippen LogP contribution >= 0.6 is 0 Å². The zero-order valence-electron chi connectivity index (χ0n) is 34.4. The van der Waals surface area contributed by atoms with Gasteiger partial charge in [-0.25, -0.2) is 9.97 Å². The first-order valence-electron chi connectivity index (χ1n) is 20.6. The number of aromatic nitrogens is 4. The van der Waals surface area contributed by atoms with Crippen LogP contribution in [-0.4, -0.2) is 19.1 Å². The summed E-state index contributed by atoms with van der Waals surface area (Å²) in [5.74, 6) is 4.50. The zero-order chi connectivity index (χ0) is 40.1. The van der Waals surface area contributed by atoms with Crippen molar-refractivity contribution in [2.24, 2.45) is 0 Å². The van der Waals surface area contributed by atoms with Crippen molar-refractivity contribution in [3.05, 3.63) is 180 Å². The van der Waals surface area contributed by atoms with Gasteiger partial charge in [-0.2, -0.15) is 0 Å². The fourth-order valence-electron chi connectivity index (χ4n) is 8.64. The van der Waals surface area contributed by atoms with E-state index < -0.39 is 0 Å². The minimum atomic E-state index is 0.224. The Kier molecular flexibility index (Phi) is 9.69. The minimum absolute atomic E-state index is 0.224. The van der Waals surface area contributed by atoms with E-state index in [0.29, 0.717) is 17.8 Å². The summed E-state index contributed by atoms with van der Waals surface area (Å²) in [7, 11) is 0. The monoisotopic (exact) mass is 758 g/mol. The lowest BCUT2D eigenvalue weighted by atomic mass is 9.88. The summed E-state index contributed by atoms with van der Waals surface area (Å²) >= 11 is 0. The molecule has 1 atom stereocenters. The Balaban J connectivity index is 1.06. The van der Waals surface area contributed by atoms with Crippen LogP contribution in [0.25, 0.3) is 56.4 Å². The molecule has 1 aliphatic heterocycles. The molecule has 0 N–H and O–H groups in total. The van der Waals surface area contributed by atoms with Crippen LogP contribution in [0.1, 0.15) is 100 Å². The molecule has 0 spiro atoms. The van der Waals surface area contributed by atoms with Crippen molar-refractivity contribution >= 4 is 0 Å². The molecule has 288 valence electrons. The molecule has 9 rings (SSSR count). The standard InChI is InChI=1S/C53H50N4O/c1-33(2)45-28-41(37-16-10-8-11-17-37)29-46(34(3)4)50(45)56-25-24-54-52(56)39-20-14-22-43(26-39)58-44-23-15-21-40(27-44)53-55-32-49-36(7)48-31-42(38-18-12-9-13-19-38)30-47(35(5)6)51(48)57(49)53/h8-36H,1-7H3. The summed E-state index contributed by atoms with van der Waals surface area (Å²) in [6.45, 7) is 16.0. The van der Waals surface area contributed by atoms with Crippen LogP contribution in [0.3, 0.4) is 0 Å². The van der Waals surface area contributed by atoms with Gasteiger partial charge in [-0.05, 0) is 111 Å². The molecular weight excluding hydrogens is 709 g/mol. The highest BCUT2D eigenvalue weighted by Crippen LogP contribution is 2.47. The molecule has 5 nitrogen and oxygen atoms in total. The van der Waals surface area contributed by atoms with E-state index in [1.54, 1.807) is 0 Å². The third-order valence-corrected chi connectivity index (χ3v) is 11.6. The first kappa shape index (κ1) is 37.1. The lowest BCUT2D eigenvalue weighted by Crippen LogP contribution is -2.08. The molecule has 1 aliphatic rings. The molecular formula is C53H50N4O. The second kappa shape index (κ2) is 15.1. The Bertz CT molecular complexity index is 2720. The Labute approximate surface area is 342 Å². The van der Waals surface area contributed by atoms with Crippen LogP contribution in [0.5, 0.6) is 11.5 Å². The van der Waals surface area contributed by atoms with Crippen molar-refractivity contribution in [2.45, 2.75) is 72.1 Å². The SMILES string of the molecule is CC(C)c1cc(-c2ccccc2)cc(C(C)C)c1-n1ccnc1-c1cccc(Oc2cccc(-c3ncc4n3-c3c(C(C)C)cc(-c5ccccc5)cc3C4C)c2)c1. The summed E-state index contributed by atoms with van der Waals surface area (Å²) in [5.41, 5.74) is 15.9. The van der Waals surface area contributed by atoms with Gasteiger partial charge in [-0.1, -0.05) is 133 Å². The van der Waals surface area contributed by atoms with Crippen molar-refractivity contribution in [1.82, 2.24) is 19.1 Å². The summed E-state index contributed by atoms with van der Waals surface area (Å²) in [6, 6.07) is 47.4. The highest BCUT2D eigenvalue weighted by atomic mass is 16.5. The quantitative estimate of drug-likeness (QED) is 0.139. The maximum absolute atomic E-state index is 6.65. The van der Waals surface area contributed by atoms with Gasteiger partial charge in [0.05, 0.1) is 17.1 Å². The third kappa shape index (κ3) is 6.64. The average Bonchev–Trinajstić information content (AvgIpc) is 3.97. The second-order valence-electron chi connectivity index (χ2n) is 16.5. The number of rotatable bonds is 10. The zero-order valence-corrected chi connectivity index (χ0v) is 34.4. The number of hydrogen-bond acceptors (Lipinski definition) is 3. The highest BCUT2D eigenvalue weighted by Gasteiger charge is 2.32. The number of nitrogens with zero attached hydrogens (tertiary/aromatic N) is 4. The van der Waals surface area contributed by atoms with E-state index in [1.165, 1.54) is 61.6 Å². The van der Waals surface area contributed by atoms with Crippen LogP contribution < -0.4 is 4.74 Å². The molecule has 0 saturated carbocycles. The molecule has 3 heterocycles. The number of fused-ring (bicyclic) bond motifs is 3. The molecule has 6 aromatic carbocycles. The number of hydrogen-bond donors (Lipinski definition) is 0. The molecule has 0 aliphatic carbocycles. The van der Waals surface area contributed by atoms with Crippen molar-refractivity contribution < 1.29 is 4.74 Å². The van der Waals surface area contributed by atoms with Crippen LogP contribution in [0, 0.1) is 0 Å². The van der Waals surface area contributed by atoms with Crippen LogP contribution in [-0.2, 0) is 0 Å². The normalized spacial score (nSPS) is 13.4. The Morgan fingerprint density at radius 1 is 0.500 bits per heavy atom. The molecule has 8 aromatic rings. The van der Waals surface area contributed by atoms with Crippen LogP contribution in [0.4, 0.5) is 0 Å². The fourth-order valence-corrected chi connectivity index (χ4v) is 8.64. The van der Waals surface area contributed by atoms with E-state index in [4.69, 9.17) is 14.7 Å². The van der Waals surface area contributed by atoms with Crippen molar-refractivity contribution in [2.75, 3.05) is 0 Å². The Morgan fingerprint density at radius 3 is 1.55 bits per heavy atom. The molecule has 0 radical (unpaired) electrons. The topological polar surface area (TPSA) is 44.9 Å². The molecule has 0 saturated heterocycles. The van der Waals surface area contributed by atoms with Crippen molar-refractivity contribution in [1.29, 1.82) is 0 Å². The van der Waals surface area contributed by atoms with E-state index in [9.17, 15) is 0 Å². The molecule has 0 fully saturated rings. The van der Waals surface area contributed by atoms with Gasteiger partial charge in [-0.3, -0.25) is 9.13 Å². The maximum Gasteiger partial charge on any atom is 0.144 e. The first-order chi connectivity index (χ1) is 28.2. The van der Waals surface area contributed by atoms with Gasteiger partial charge in [0.2, 0.25) is 0 Å². The first-order valence-corrected chi connectivity index (χ1v) is 20.6. The van der Waals surface area contributed by atoms with Crippen molar-refractivity contribution in [3.63, 3.8) is 0 Å². The third-order valence-electron chi connectivity index (χ3n) is 11.6. The van der Waals surface area contributed by atoms with Gasteiger partial charge in [-0.15, -0.1) is 0 Å². The largest absolute Gasteiger partial charge is 0.457 e. The van der Waals surface area contributed by atoms with E-state index in [2.05, 4.69) is 191 Å². The van der Waals surface area contributed by atoms with E-state index >= 15 is 0 Å². The van der Waals surface area contributed by atoms with Gasteiger partial charge in [0.1, 0.15) is 23.1 Å². The lowest BCUT2D eigenvalue weighted by molar-refractivity contribution is 0.483.